The molecule has 0 aliphatic heterocycles. The summed E-state index contributed by atoms with van der Waals surface area (Å²) < 4.78 is 0. The zero-order valence-corrected chi connectivity index (χ0v) is 12.1. The van der Waals surface area contributed by atoms with Crippen LogP contribution in [0.1, 0.15) is 31.1 Å². The summed E-state index contributed by atoms with van der Waals surface area (Å²) in [6.07, 6.45) is 0. The fourth-order valence-corrected chi connectivity index (χ4v) is 2.05. The molecule has 0 N–H and O–H groups in total. The van der Waals surface area contributed by atoms with E-state index in [0.717, 1.165) is 11.4 Å². The lowest BCUT2D eigenvalue weighted by Crippen LogP contribution is -2.34. The van der Waals surface area contributed by atoms with Crippen molar-refractivity contribution in [3.63, 3.8) is 0 Å². The summed E-state index contributed by atoms with van der Waals surface area (Å²) in [6.45, 7) is 7.57. The van der Waals surface area contributed by atoms with Gasteiger partial charge in [-0.3, -0.25) is 4.79 Å². The molecule has 0 aliphatic rings. The fraction of sp³-hybridized carbons (Fsp3) is 0.462. The molecule has 0 unspecified atom stereocenters. The molecule has 94 valence electrons. The summed E-state index contributed by atoms with van der Waals surface area (Å²) in [6, 6.07) is 5.21. The van der Waals surface area contributed by atoms with Gasteiger partial charge in [0.25, 0.3) is 5.91 Å². The number of hydrogen-bond acceptors (Lipinski definition) is 2. The van der Waals surface area contributed by atoms with Crippen LogP contribution >= 0.6 is 24.2 Å². The van der Waals surface area contributed by atoms with E-state index in [1.165, 1.54) is 0 Å². The number of nitrogens with zero attached hydrogens (tertiary/aromatic N) is 1. The summed E-state index contributed by atoms with van der Waals surface area (Å²) >= 11 is 10.3. The Balaban J connectivity index is 2.97. The third-order valence-corrected chi connectivity index (χ3v) is 3.04. The van der Waals surface area contributed by atoms with Crippen LogP contribution in [0, 0.1) is 5.92 Å². The zero-order valence-electron chi connectivity index (χ0n) is 10.4. The van der Waals surface area contributed by atoms with Crippen molar-refractivity contribution >= 4 is 30.1 Å². The molecule has 2 nitrogen and oxygen atoms in total. The lowest BCUT2D eigenvalue weighted by Gasteiger charge is -2.23. The Kier molecular flexibility index (Phi) is 5.34. The number of hydrogen-bond donors (Lipinski definition) is 1. The van der Waals surface area contributed by atoms with Gasteiger partial charge in [-0.25, -0.2) is 0 Å². The third-order valence-electron chi connectivity index (χ3n) is 2.43. The minimum Gasteiger partial charge on any atom is -0.339 e. The molecule has 1 amide bonds. The summed E-state index contributed by atoms with van der Waals surface area (Å²) in [4.78, 5) is 14.8. The molecule has 1 aromatic rings. The van der Waals surface area contributed by atoms with Gasteiger partial charge in [0.05, 0.1) is 10.6 Å². The highest BCUT2D eigenvalue weighted by molar-refractivity contribution is 7.80. The quantitative estimate of drug-likeness (QED) is 0.827. The molecule has 4 heteroatoms. The van der Waals surface area contributed by atoms with Crippen LogP contribution in [0.5, 0.6) is 0 Å². The van der Waals surface area contributed by atoms with E-state index in [1.54, 1.807) is 23.1 Å². The van der Waals surface area contributed by atoms with Crippen LogP contribution in [-0.2, 0) is 0 Å². The number of carbonyl (C=O) groups is 1. The van der Waals surface area contributed by atoms with E-state index in [0.29, 0.717) is 23.0 Å². The summed E-state index contributed by atoms with van der Waals surface area (Å²) in [7, 11) is 0. The van der Waals surface area contributed by atoms with Crippen molar-refractivity contribution in [2.24, 2.45) is 5.92 Å². The van der Waals surface area contributed by atoms with Gasteiger partial charge in [0.15, 0.2) is 0 Å². The van der Waals surface area contributed by atoms with E-state index < -0.39 is 0 Å². The summed E-state index contributed by atoms with van der Waals surface area (Å²) in [5, 5.41) is 0.481. The molecule has 1 aromatic carbocycles. The Morgan fingerprint density at radius 3 is 2.65 bits per heavy atom. The van der Waals surface area contributed by atoms with Crippen LogP contribution in [0.3, 0.4) is 0 Å². The van der Waals surface area contributed by atoms with E-state index in [-0.39, 0.29) is 5.91 Å². The average molecular weight is 272 g/mol. The first-order valence-electron chi connectivity index (χ1n) is 5.73. The first kappa shape index (κ1) is 14.4. The third kappa shape index (κ3) is 3.93. The first-order valence-corrected chi connectivity index (χ1v) is 6.56. The summed E-state index contributed by atoms with van der Waals surface area (Å²) in [5.41, 5.74) is 0.529. The van der Waals surface area contributed by atoms with Crippen molar-refractivity contribution in [1.82, 2.24) is 4.90 Å². The number of carbonyl (C=O) groups excluding carboxylic acids is 1. The molecule has 0 saturated carbocycles. The number of amides is 1. The number of rotatable bonds is 4. The van der Waals surface area contributed by atoms with Gasteiger partial charge in [-0.2, -0.15) is 0 Å². The second-order valence-electron chi connectivity index (χ2n) is 4.40. The molecule has 0 fully saturated rings. The maximum Gasteiger partial charge on any atom is 0.255 e. The van der Waals surface area contributed by atoms with Gasteiger partial charge in [0.1, 0.15) is 0 Å². The topological polar surface area (TPSA) is 20.3 Å². The minimum atomic E-state index is -0.0258. The molecule has 0 aliphatic carbocycles. The van der Waals surface area contributed by atoms with Crippen LogP contribution < -0.4 is 0 Å². The number of thiol groups is 1. The van der Waals surface area contributed by atoms with Crippen LogP contribution in [-0.4, -0.2) is 23.9 Å². The molecule has 0 radical (unpaired) electrons. The number of halogens is 1. The van der Waals surface area contributed by atoms with Gasteiger partial charge in [-0.05, 0) is 31.0 Å². The molecule has 0 saturated heterocycles. The second kappa shape index (κ2) is 6.31. The van der Waals surface area contributed by atoms with Gasteiger partial charge in [-0.15, -0.1) is 12.6 Å². The molecule has 1 rings (SSSR count). The Hall–Kier alpha value is -0.670. The Morgan fingerprint density at radius 1 is 1.47 bits per heavy atom. The van der Waals surface area contributed by atoms with E-state index in [4.69, 9.17) is 11.6 Å². The van der Waals surface area contributed by atoms with E-state index in [2.05, 4.69) is 26.5 Å². The van der Waals surface area contributed by atoms with E-state index >= 15 is 0 Å². The molecule has 17 heavy (non-hydrogen) atoms. The standard InChI is InChI=1S/C13H18ClNOS/c1-4-15(8-9(2)3)13(16)11-7-10(17)5-6-12(11)14/h5-7,9,17H,4,8H2,1-3H3. The van der Waals surface area contributed by atoms with Crippen LogP contribution in [0.15, 0.2) is 23.1 Å². The highest BCUT2D eigenvalue weighted by atomic mass is 35.5. The Bertz CT molecular complexity index is 406. The molecule has 0 atom stereocenters. The first-order chi connectivity index (χ1) is 7.95. The molecule has 0 aromatic heterocycles. The lowest BCUT2D eigenvalue weighted by molar-refractivity contribution is 0.0745. The highest BCUT2D eigenvalue weighted by Gasteiger charge is 2.18. The maximum atomic E-state index is 12.3. The largest absolute Gasteiger partial charge is 0.339 e. The fourth-order valence-electron chi connectivity index (χ4n) is 1.64. The monoisotopic (exact) mass is 271 g/mol. The molecular formula is C13H18ClNOS. The lowest BCUT2D eigenvalue weighted by atomic mass is 10.1. The van der Waals surface area contributed by atoms with Gasteiger partial charge >= 0.3 is 0 Å². The van der Waals surface area contributed by atoms with Crippen molar-refractivity contribution < 1.29 is 4.79 Å². The maximum absolute atomic E-state index is 12.3. The zero-order chi connectivity index (χ0) is 13.0. The van der Waals surface area contributed by atoms with Crippen molar-refractivity contribution in [3.05, 3.63) is 28.8 Å². The van der Waals surface area contributed by atoms with Crippen LogP contribution in [0.4, 0.5) is 0 Å². The van der Waals surface area contributed by atoms with Crippen LogP contribution in [0.25, 0.3) is 0 Å². The minimum absolute atomic E-state index is 0.0258. The Labute approximate surface area is 113 Å². The number of benzene rings is 1. The molecule has 0 spiro atoms. The van der Waals surface area contributed by atoms with Crippen molar-refractivity contribution in [2.45, 2.75) is 25.7 Å². The van der Waals surface area contributed by atoms with Gasteiger partial charge in [-0.1, -0.05) is 25.4 Å². The smallest absolute Gasteiger partial charge is 0.255 e. The summed E-state index contributed by atoms with van der Waals surface area (Å²) in [5.74, 6) is 0.416. The molecule has 0 heterocycles. The van der Waals surface area contributed by atoms with Crippen LogP contribution in [0.2, 0.25) is 5.02 Å². The SMILES string of the molecule is CCN(CC(C)C)C(=O)c1cc(S)ccc1Cl. The second-order valence-corrected chi connectivity index (χ2v) is 5.33. The average Bonchev–Trinajstić information content (AvgIpc) is 2.28. The predicted octanol–water partition coefficient (Wildman–Crippen LogP) is 3.75. The Morgan fingerprint density at radius 2 is 2.12 bits per heavy atom. The van der Waals surface area contributed by atoms with E-state index in [1.807, 2.05) is 6.92 Å². The van der Waals surface area contributed by atoms with Gasteiger partial charge in [0.2, 0.25) is 0 Å². The predicted molar refractivity (Wildman–Crippen MR) is 75.1 cm³/mol. The van der Waals surface area contributed by atoms with Gasteiger partial charge < -0.3 is 4.90 Å². The van der Waals surface area contributed by atoms with Gasteiger partial charge in [0, 0.05) is 18.0 Å². The highest BCUT2D eigenvalue weighted by Crippen LogP contribution is 2.21. The van der Waals surface area contributed by atoms with Crippen molar-refractivity contribution in [3.8, 4) is 0 Å². The van der Waals surface area contributed by atoms with Crippen molar-refractivity contribution in [1.29, 1.82) is 0 Å². The van der Waals surface area contributed by atoms with E-state index in [9.17, 15) is 4.79 Å². The van der Waals surface area contributed by atoms with Crippen molar-refractivity contribution in [2.75, 3.05) is 13.1 Å². The molecular weight excluding hydrogens is 254 g/mol. The molecule has 0 bridgehead atoms. The normalized spacial score (nSPS) is 10.7.